The number of alkyl halides is 1. The van der Waals surface area contributed by atoms with Crippen LogP contribution in [-0.4, -0.2) is 75.2 Å². The van der Waals surface area contributed by atoms with Crippen LogP contribution in [0.3, 0.4) is 0 Å². The first kappa shape index (κ1) is 25.9. The minimum atomic E-state index is -1.20. The highest BCUT2D eigenvalue weighted by Crippen LogP contribution is 2.60. The maximum atomic E-state index is 14.4. The number of hydrogen-bond donors (Lipinski definition) is 2. The number of likely N-dealkylation sites (tertiary alicyclic amines) is 1. The first-order chi connectivity index (χ1) is 16.7. The molecule has 35 heavy (non-hydrogen) atoms. The number of benzene rings is 1. The van der Waals surface area contributed by atoms with Crippen LogP contribution in [0.4, 0.5) is 5.69 Å². The number of carboxylic acids is 1. The van der Waals surface area contributed by atoms with Crippen LogP contribution < -0.4 is 4.90 Å². The number of aliphatic hydroxyl groups excluding tert-OH is 1. The lowest BCUT2D eigenvalue weighted by atomic mass is 9.70. The first-order valence-corrected chi connectivity index (χ1v) is 13.0. The predicted molar refractivity (Wildman–Crippen MR) is 134 cm³/mol. The van der Waals surface area contributed by atoms with Gasteiger partial charge in [0.2, 0.25) is 5.91 Å². The number of aliphatic hydroxyl groups is 1. The van der Waals surface area contributed by atoms with E-state index in [-0.39, 0.29) is 29.8 Å². The van der Waals surface area contributed by atoms with Gasteiger partial charge in [-0.1, -0.05) is 34.1 Å². The summed E-state index contributed by atoms with van der Waals surface area (Å²) < 4.78 is 6.35. The summed E-state index contributed by atoms with van der Waals surface area (Å²) in [6.45, 7) is 8.32. The molecular formula is C26H33BrN2O6. The number of carboxylic acid groups (broad SMARTS) is 1. The minimum Gasteiger partial charge on any atom is -0.481 e. The molecule has 0 aliphatic carbocycles. The molecule has 6 atom stereocenters. The molecule has 1 aromatic carbocycles. The fourth-order valence-electron chi connectivity index (χ4n) is 6.10. The van der Waals surface area contributed by atoms with Crippen LogP contribution in [0.2, 0.25) is 0 Å². The molecule has 3 fully saturated rings. The van der Waals surface area contributed by atoms with Crippen molar-refractivity contribution in [1.29, 1.82) is 0 Å². The molecule has 0 aromatic heterocycles. The number of nitrogens with zero attached hydrogens (tertiary/aromatic N) is 2. The number of halogens is 1. The number of carbonyl (C=O) groups is 3. The quantitative estimate of drug-likeness (QED) is 0.264. The van der Waals surface area contributed by atoms with Crippen LogP contribution in [0.25, 0.3) is 0 Å². The van der Waals surface area contributed by atoms with Crippen LogP contribution in [-0.2, 0) is 19.1 Å². The molecule has 3 aliphatic rings. The molecule has 1 aromatic rings. The number of unbranched alkanes of at least 4 members (excludes halogenated alkanes) is 2. The van der Waals surface area contributed by atoms with E-state index in [9.17, 15) is 19.5 Å². The third-order valence-corrected chi connectivity index (χ3v) is 8.44. The van der Waals surface area contributed by atoms with E-state index in [1.807, 2.05) is 32.0 Å². The maximum absolute atomic E-state index is 14.4. The Morgan fingerprint density at radius 3 is 2.71 bits per heavy atom. The van der Waals surface area contributed by atoms with E-state index in [2.05, 4.69) is 22.5 Å². The molecular weight excluding hydrogens is 516 g/mol. The Morgan fingerprint density at radius 1 is 1.31 bits per heavy atom. The summed E-state index contributed by atoms with van der Waals surface area (Å²) in [6, 6.07) is 4.93. The van der Waals surface area contributed by atoms with Crippen LogP contribution in [0.5, 0.6) is 0 Å². The zero-order valence-electron chi connectivity index (χ0n) is 20.2. The summed E-state index contributed by atoms with van der Waals surface area (Å²) in [5, 5.41) is 19.2. The van der Waals surface area contributed by atoms with Crippen LogP contribution >= 0.6 is 15.9 Å². The van der Waals surface area contributed by atoms with Gasteiger partial charge in [-0.15, -0.1) is 6.58 Å². The largest absolute Gasteiger partial charge is 0.481 e. The fourth-order valence-corrected chi connectivity index (χ4v) is 7.04. The van der Waals surface area contributed by atoms with E-state index in [1.165, 1.54) is 0 Å². The standard InChI is InChI=1S/C26H33BrN2O6/c1-4-10-28(18-13-15(2)8-9-16(18)3)24(32)22-26-14-17(27)21(35-26)19(25(33)34)20(26)23(31)29(22)11-6-5-7-12-30/h4,8-9,13,17,19-22,30H,1,5-7,10-12,14H2,2-3H3,(H,33,34)/t17?,19-,20+,21-,22-,26+/m0/s1. The summed E-state index contributed by atoms with van der Waals surface area (Å²) in [7, 11) is 0. The topological polar surface area (TPSA) is 107 Å². The number of anilines is 1. The molecule has 2 N–H and O–H groups in total. The number of amides is 2. The maximum Gasteiger partial charge on any atom is 0.310 e. The van der Waals surface area contributed by atoms with Crippen LogP contribution in [0.15, 0.2) is 30.9 Å². The van der Waals surface area contributed by atoms with Gasteiger partial charge in [-0.3, -0.25) is 14.4 Å². The summed E-state index contributed by atoms with van der Waals surface area (Å²) in [5.41, 5.74) is 1.44. The van der Waals surface area contributed by atoms with E-state index >= 15 is 0 Å². The second-order valence-corrected chi connectivity index (χ2v) is 11.0. The van der Waals surface area contributed by atoms with E-state index in [1.54, 1.807) is 15.9 Å². The number of aryl methyl sites for hydroxylation is 2. The number of carbonyl (C=O) groups excluding carboxylic acids is 2. The number of rotatable bonds is 10. The van der Waals surface area contributed by atoms with Gasteiger partial charge in [0.05, 0.1) is 17.9 Å². The van der Waals surface area contributed by atoms with Gasteiger partial charge in [-0.25, -0.2) is 0 Å². The Kier molecular flexibility index (Phi) is 7.41. The van der Waals surface area contributed by atoms with Gasteiger partial charge in [0, 0.05) is 30.2 Å². The van der Waals surface area contributed by atoms with Crippen molar-refractivity contribution < 1.29 is 29.3 Å². The number of ether oxygens (including phenoxy) is 1. The van der Waals surface area contributed by atoms with Crippen molar-refractivity contribution in [3.05, 3.63) is 42.0 Å². The fraction of sp³-hybridized carbons (Fsp3) is 0.577. The van der Waals surface area contributed by atoms with Gasteiger partial charge in [-0.2, -0.15) is 0 Å². The molecule has 190 valence electrons. The molecule has 3 aliphatic heterocycles. The van der Waals surface area contributed by atoms with Crippen LogP contribution in [0, 0.1) is 25.7 Å². The zero-order valence-corrected chi connectivity index (χ0v) is 21.7. The highest BCUT2D eigenvalue weighted by atomic mass is 79.9. The lowest BCUT2D eigenvalue weighted by Gasteiger charge is -2.37. The van der Waals surface area contributed by atoms with Crippen molar-refractivity contribution in [3.8, 4) is 0 Å². The molecule has 9 heteroatoms. The second-order valence-electron chi connectivity index (χ2n) is 9.85. The molecule has 0 saturated carbocycles. The molecule has 2 bridgehead atoms. The van der Waals surface area contributed by atoms with E-state index in [4.69, 9.17) is 9.84 Å². The molecule has 0 radical (unpaired) electrons. The van der Waals surface area contributed by atoms with Gasteiger partial charge in [-0.05, 0) is 56.7 Å². The van der Waals surface area contributed by atoms with E-state index in [0.29, 0.717) is 32.2 Å². The molecule has 2 amide bonds. The van der Waals surface area contributed by atoms with Gasteiger partial charge >= 0.3 is 5.97 Å². The van der Waals surface area contributed by atoms with Gasteiger partial charge in [0.15, 0.2) is 0 Å². The van der Waals surface area contributed by atoms with E-state index in [0.717, 1.165) is 16.8 Å². The van der Waals surface area contributed by atoms with Gasteiger partial charge in [0.1, 0.15) is 11.6 Å². The highest BCUT2D eigenvalue weighted by Gasteiger charge is 2.76. The minimum absolute atomic E-state index is 0.0553. The molecule has 1 unspecified atom stereocenters. The van der Waals surface area contributed by atoms with Crippen molar-refractivity contribution in [2.24, 2.45) is 11.8 Å². The number of aliphatic carboxylic acids is 1. The van der Waals surface area contributed by atoms with Crippen LogP contribution in [0.1, 0.15) is 36.8 Å². The summed E-state index contributed by atoms with van der Waals surface area (Å²) in [4.78, 5) is 43.3. The lowest BCUT2D eigenvalue weighted by Crippen LogP contribution is -2.57. The summed E-state index contributed by atoms with van der Waals surface area (Å²) >= 11 is 3.57. The monoisotopic (exact) mass is 548 g/mol. The van der Waals surface area contributed by atoms with E-state index < -0.39 is 35.6 Å². The third-order valence-electron chi connectivity index (χ3n) is 7.60. The Morgan fingerprint density at radius 2 is 2.06 bits per heavy atom. The number of fused-ring (bicyclic) bond motifs is 1. The Balaban J connectivity index is 1.78. The average Bonchev–Trinajstić information content (AvgIpc) is 3.40. The third kappa shape index (κ3) is 4.21. The number of hydrogen-bond acceptors (Lipinski definition) is 5. The van der Waals surface area contributed by atoms with Crippen molar-refractivity contribution in [1.82, 2.24) is 4.90 Å². The summed E-state index contributed by atoms with van der Waals surface area (Å²) in [6.07, 6.45) is 3.26. The van der Waals surface area contributed by atoms with Gasteiger partial charge in [0.25, 0.3) is 5.91 Å². The Bertz CT molecular complexity index is 1030. The van der Waals surface area contributed by atoms with Crippen molar-refractivity contribution in [2.45, 2.75) is 62.1 Å². The highest BCUT2D eigenvalue weighted by molar-refractivity contribution is 9.09. The Labute approximate surface area is 214 Å². The molecule has 8 nitrogen and oxygen atoms in total. The lowest BCUT2D eigenvalue weighted by molar-refractivity contribution is -0.149. The molecule has 1 spiro atoms. The molecule has 3 heterocycles. The van der Waals surface area contributed by atoms with Crippen molar-refractivity contribution in [2.75, 3.05) is 24.6 Å². The Hall–Kier alpha value is -2.23. The molecule has 4 rings (SSSR count). The SMILES string of the molecule is C=CCN(C(=O)[C@@H]1N(CCCCCO)C(=O)[C@H]2[C@H](C(=O)O)[C@H]3O[C@@]12CC3Br)c1cc(C)ccc1C. The second kappa shape index (κ2) is 10.0. The normalized spacial score (nSPS) is 31.0. The zero-order chi connectivity index (χ0) is 25.5. The first-order valence-electron chi connectivity index (χ1n) is 12.1. The smallest absolute Gasteiger partial charge is 0.310 e. The van der Waals surface area contributed by atoms with Crippen molar-refractivity contribution >= 4 is 39.4 Å². The summed E-state index contributed by atoms with van der Waals surface area (Å²) in [5.74, 6) is -3.61. The van der Waals surface area contributed by atoms with Gasteiger partial charge < -0.3 is 24.7 Å². The molecule has 3 saturated heterocycles. The van der Waals surface area contributed by atoms with Crippen molar-refractivity contribution in [3.63, 3.8) is 0 Å². The average molecular weight is 549 g/mol. The predicted octanol–water partition coefficient (Wildman–Crippen LogP) is 2.82.